The van der Waals surface area contributed by atoms with Crippen molar-refractivity contribution in [3.8, 4) is 11.1 Å². The number of nitrogens with zero attached hydrogens (tertiary/aromatic N) is 4. The fraction of sp³-hybridized carbons (Fsp3) is 0.125. The smallest absolute Gasteiger partial charge is 0.289 e. The Morgan fingerprint density at radius 2 is 1.74 bits per heavy atom. The van der Waals surface area contributed by atoms with Crippen LogP contribution < -0.4 is 16.2 Å². The lowest BCUT2D eigenvalue weighted by Gasteiger charge is -2.14. The Hall–Kier alpha value is -3.96. The van der Waals surface area contributed by atoms with E-state index in [-0.39, 0.29) is 35.6 Å². The van der Waals surface area contributed by atoms with Crippen LogP contribution in [0.15, 0.2) is 65.3 Å². The molecule has 0 aliphatic heterocycles. The van der Waals surface area contributed by atoms with E-state index in [1.54, 1.807) is 43.4 Å². The second kappa shape index (κ2) is 10.5. The lowest BCUT2D eigenvalue weighted by molar-refractivity contribution is -0.122. The van der Waals surface area contributed by atoms with Crippen LogP contribution in [0.25, 0.3) is 22.2 Å². The average molecular weight is 538 g/mol. The number of hydrogen-bond donors (Lipinski definition) is 3. The van der Waals surface area contributed by atoms with E-state index in [1.807, 2.05) is 24.3 Å². The molecule has 0 bridgehead atoms. The summed E-state index contributed by atoms with van der Waals surface area (Å²) in [4.78, 5) is 40.0. The van der Waals surface area contributed by atoms with Crippen LogP contribution >= 0.6 is 15.9 Å². The molecule has 2 aromatic carbocycles. The fourth-order valence-electron chi connectivity index (χ4n) is 3.26. The van der Waals surface area contributed by atoms with Gasteiger partial charge >= 0.3 is 0 Å². The normalized spacial score (nSPS) is 10.9. The number of carbonyl (C=O) groups is 2. The van der Waals surface area contributed by atoms with Crippen molar-refractivity contribution in [1.29, 1.82) is 0 Å². The summed E-state index contributed by atoms with van der Waals surface area (Å²) in [6.07, 6.45) is 1.59. The first-order valence-electron chi connectivity index (χ1n) is 10.5. The van der Waals surface area contributed by atoms with E-state index < -0.39 is 5.91 Å². The molecule has 0 radical (unpaired) electrons. The first-order valence-corrected chi connectivity index (χ1v) is 11.3. The topological polar surface area (TPSA) is 112 Å². The number of benzene rings is 2. The number of anilines is 2. The van der Waals surface area contributed by atoms with Gasteiger partial charge < -0.3 is 10.2 Å². The minimum Gasteiger partial charge on any atom is -0.324 e. The Kier molecular flexibility index (Phi) is 7.28. The van der Waals surface area contributed by atoms with Crippen LogP contribution in [0, 0.1) is 5.82 Å². The number of aromatic nitrogens is 3. The molecule has 4 aromatic rings. The van der Waals surface area contributed by atoms with Crippen LogP contribution in [0.1, 0.15) is 10.5 Å². The van der Waals surface area contributed by atoms with Crippen LogP contribution in [0.2, 0.25) is 0 Å². The first-order chi connectivity index (χ1) is 16.8. The van der Waals surface area contributed by atoms with Crippen molar-refractivity contribution >= 4 is 50.4 Å². The zero-order valence-electron chi connectivity index (χ0n) is 18.8. The van der Waals surface area contributed by atoms with Crippen molar-refractivity contribution < 1.29 is 14.0 Å². The molecule has 0 aliphatic rings. The number of amides is 2. The van der Waals surface area contributed by atoms with Crippen LogP contribution in [-0.2, 0) is 4.79 Å². The number of rotatable bonds is 6. The maximum Gasteiger partial charge on any atom is 0.289 e. The van der Waals surface area contributed by atoms with Crippen LogP contribution in [-0.4, -0.2) is 52.3 Å². The second-order valence-corrected chi connectivity index (χ2v) is 8.70. The zero-order chi connectivity index (χ0) is 24.9. The molecule has 0 unspecified atom stereocenters. The third-order valence-electron chi connectivity index (χ3n) is 4.82. The number of hydrogen-bond acceptors (Lipinski definition) is 7. The molecule has 0 saturated heterocycles. The van der Waals surface area contributed by atoms with Gasteiger partial charge in [-0.25, -0.2) is 14.4 Å². The molecular weight excluding hydrogens is 517 g/mol. The second-order valence-electron chi connectivity index (χ2n) is 7.84. The number of likely N-dealkylation sites (N-methyl/N-ethyl adjacent to an activating group) is 1. The molecule has 2 heterocycles. The number of carbonyl (C=O) groups excluding carboxylic acids is 2. The van der Waals surface area contributed by atoms with Crippen molar-refractivity contribution in [2.24, 2.45) is 0 Å². The third-order valence-corrected chi connectivity index (χ3v) is 5.51. The molecule has 4 rings (SSSR count). The maximum absolute atomic E-state index is 13.2. The summed E-state index contributed by atoms with van der Waals surface area (Å²) >= 11 is 3.52. The number of halogens is 2. The molecule has 9 nitrogen and oxygen atoms in total. The minimum atomic E-state index is -0.601. The van der Waals surface area contributed by atoms with Crippen LogP contribution in [0.4, 0.5) is 16.0 Å². The summed E-state index contributed by atoms with van der Waals surface area (Å²) in [5.41, 5.74) is 7.02. The SMILES string of the molecule is CN(C)CC(=O)NNC(=O)c1nc2nc(Nc3ccc(F)cc3)ncc2cc1-c1ccccc1Br. The predicted molar refractivity (Wildman–Crippen MR) is 134 cm³/mol. The molecule has 35 heavy (non-hydrogen) atoms. The molecule has 11 heteroatoms. The highest BCUT2D eigenvalue weighted by Gasteiger charge is 2.19. The Labute approximate surface area is 208 Å². The van der Waals surface area contributed by atoms with Crippen molar-refractivity contribution in [2.45, 2.75) is 0 Å². The molecule has 0 atom stereocenters. The summed E-state index contributed by atoms with van der Waals surface area (Å²) in [6.45, 7) is 0.105. The van der Waals surface area contributed by atoms with Gasteiger partial charge in [0.25, 0.3) is 11.8 Å². The molecule has 3 N–H and O–H groups in total. The van der Waals surface area contributed by atoms with Gasteiger partial charge in [-0.15, -0.1) is 0 Å². The average Bonchev–Trinajstić information content (AvgIpc) is 2.83. The summed E-state index contributed by atoms with van der Waals surface area (Å²) < 4.78 is 14.0. The van der Waals surface area contributed by atoms with Crippen molar-refractivity contribution in [3.05, 3.63) is 76.8 Å². The van der Waals surface area contributed by atoms with Gasteiger partial charge in [-0.05, 0) is 56.1 Å². The molecule has 178 valence electrons. The fourth-order valence-corrected chi connectivity index (χ4v) is 3.75. The summed E-state index contributed by atoms with van der Waals surface area (Å²) in [6, 6.07) is 14.9. The largest absolute Gasteiger partial charge is 0.324 e. The standard InChI is InChI=1S/C24H21BrFN7O2/c1-33(2)13-20(34)31-32-23(35)21-18(17-5-3-4-6-19(17)25)11-14-12-27-24(30-22(14)29-21)28-16-9-7-15(26)8-10-16/h3-12H,13H2,1-2H3,(H,31,34)(H,32,35)(H,27,28,29,30). The number of pyridine rings is 1. The van der Waals surface area contributed by atoms with Gasteiger partial charge in [-0.1, -0.05) is 34.1 Å². The molecule has 2 aromatic heterocycles. The quantitative estimate of drug-likeness (QED) is 0.322. The summed E-state index contributed by atoms with van der Waals surface area (Å²) in [5, 5.41) is 3.59. The van der Waals surface area contributed by atoms with E-state index in [1.165, 1.54) is 12.1 Å². The van der Waals surface area contributed by atoms with E-state index in [4.69, 9.17) is 0 Å². The highest BCUT2D eigenvalue weighted by molar-refractivity contribution is 9.10. The van der Waals surface area contributed by atoms with Gasteiger partial charge in [0.1, 0.15) is 11.5 Å². The highest BCUT2D eigenvalue weighted by Crippen LogP contribution is 2.32. The van der Waals surface area contributed by atoms with Crippen LogP contribution in [0.3, 0.4) is 0 Å². The molecule has 0 saturated carbocycles. The Morgan fingerprint density at radius 3 is 2.46 bits per heavy atom. The van der Waals surface area contributed by atoms with Crippen molar-refractivity contribution in [1.82, 2.24) is 30.7 Å². The lowest BCUT2D eigenvalue weighted by Crippen LogP contribution is -2.45. The number of fused-ring (bicyclic) bond motifs is 1. The Bertz CT molecular complexity index is 1400. The summed E-state index contributed by atoms with van der Waals surface area (Å²) in [7, 11) is 3.49. The minimum absolute atomic E-state index is 0.0704. The first kappa shape index (κ1) is 24.2. The zero-order valence-corrected chi connectivity index (χ0v) is 20.4. The van der Waals surface area contributed by atoms with E-state index in [2.05, 4.69) is 47.1 Å². The van der Waals surface area contributed by atoms with Gasteiger partial charge in [0.15, 0.2) is 5.65 Å². The van der Waals surface area contributed by atoms with E-state index in [0.717, 1.165) is 10.0 Å². The molecule has 2 amide bonds. The molecule has 0 spiro atoms. The Balaban J connectivity index is 1.72. The summed E-state index contributed by atoms with van der Waals surface area (Å²) in [5.74, 6) is -1.10. The predicted octanol–water partition coefficient (Wildman–Crippen LogP) is 3.66. The Morgan fingerprint density at radius 1 is 1.00 bits per heavy atom. The van der Waals surface area contributed by atoms with Crippen LogP contribution in [0.5, 0.6) is 0 Å². The molecule has 0 aliphatic carbocycles. The molecule has 0 fully saturated rings. The number of nitrogens with one attached hydrogen (secondary N) is 3. The monoisotopic (exact) mass is 537 g/mol. The van der Waals surface area contributed by atoms with Gasteiger partial charge in [0.05, 0.1) is 6.54 Å². The number of hydrazine groups is 1. The van der Waals surface area contributed by atoms with Gasteiger partial charge in [0.2, 0.25) is 5.95 Å². The van der Waals surface area contributed by atoms with Crippen molar-refractivity contribution in [3.63, 3.8) is 0 Å². The van der Waals surface area contributed by atoms with Gasteiger partial charge in [-0.3, -0.25) is 20.4 Å². The lowest BCUT2D eigenvalue weighted by atomic mass is 10.0. The van der Waals surface area contributed by atoms with Gasteiger partial charge in [-0.2, -0.15) is 4.98 Å². The third kappa shape index (κ3) is 5.94. The maximum atomic E-state index is 13.2. The highest BCUT2D eigenvalue weighted by atomic mass is 79.9. The molecular formula is C24H21BrFN7O2. The van der Waals surface area contributed by atoms with Crippen molar-refractivity contribution in [2.75, 3.05) is 26.0 Å². The van der Waals surface area contributed by atoms with E-state index in [0.29, 0.717) is 16.6 Å². The van der Waals surface area contributed by atoms with E-state index >= 15 is 0 Å². The van der Waals surface area contributed by atoms with E-state index in [9.17, 15) is 14.0 Å². The van der Waals surface area contributed by atoms with Gasteiger partial charge in [0, 0.05) is 27.3 Å².